The standard InChI is InChI=1S/C12H18N2O3/c1-4-16-11(15)10-14-13-9(17-10)8-6-5-7-12(8,2)3/h8H,4-7H2,1-3H3. The first kappa shape index (κ1) is 12.1. The SMILES string of the molecule is CCOC(=O)c1nnc(C2CCCC2(C)C)o1. The van der Waals surface area contributed by atoms with Crippen LogP contribution in [-0.4, -0.2) is 22.8 Å². The Balaban J connectivity index is 2.16. The highest BCUT2D eigenvalue weighted by atomic mass is 16.5. The number of aromatic nitrogens is 2. The zero-order chi connectivity index (χ0) is 12.5. The first-order chi connectivity index (χ1) is 8.04. The second kappa shape index (κ2) is 4.47. The lowest BCUT2D eigenvalue weighted by Gasteiger charge is -2.23. The number of nitrogens with zero attached hydrogens (tertiary/aromatic N) is 2. The van der Waals surface area contributed by atoms with Gasteiger partial charge in [-0.15, -0.1) is 10.2 Å². The lowest BCUT2D eigenvalue weighted by Crippen LogP contribution is -2.15. The predicted molar refractivity (Wildman–Crippen MR) is 60.6 cm³/mol. The summed E-state index contributed by atoms with van der Waals surface area (Å²) in [5.41, 5.74) is 0.165. The highest BCUT2D eigenvalue weighted by Crippen LogP contribution is 2.48. The Hall–Kier alpha value is -1.39. The van der Waals surface area contributed by atoms with Gasteiger partial charge in [0.05, 0.1) is 6.61 Å². The van der Waals surface area contributed by atoms with Crippen molar-refractivity contribution in [2.45, 2.75) is 46.0 Å². The predicted octanol–water partition coefficient (Wildman–Crippen LogP) is 2.54. The van der Waals surface area contributed by atoms with Gasteiger partial charge in [0.1, 0.15) is 0 Å². The zero-order valence-corrected chi connectivity index (χ0v) is 10.5. The molecule has 1 unspecified atom stereocenters. The van der Waals surface area contributed by atoms with Gasteiger partial charge in [-0.25, -0.2) is 4.79 Å². The summed E-state index contributed by atoms with van der Waals surface area (Å²) in [6.45, 7) is 6.44. The molecule has 94 valence electrons. The highest BCUT2D eigenvalue weighted by molar-refractivity contribution is 5.83. The third kappa shape index (κ3) is 2.33. The quantitative estimate of drug-likeness (QED) is 0.757. The van der Waals surface area contributed by atoms with Crippen LogP contribution in [0.5, 0.6) is 0 Å². The third-order valence-electron chi connectivity index (χ3n) is 3.45. The van der Waals surface area contributed by atoms with Crippen molar-refractivity contribution in [1.82, 2.24) is 10.2 Å². The van der Waals surface area contributed by atoms with Crippen LogP contribution in [0.1, 0.15) is 62.5 Å². The molecule has 5 heteroatoms. The van der Waals surface area contributed by atoms with Gasteiger partial charge in [-0.05, 0) is 25.2 Å². The number of carbonyl (C=O) groups is 1. The number of rotatable bonds is 3. The average Bonchev–Trinajstić information content (AvgIpc) is 2.84. The molecule has 5 nitrogen and oxygen atoms in total. The first-order valence-corrected chi connectivity index (χ1v) is 6.05. The molecule has 1 aliphatic rings. The van der Waals surface area contributed by atoms with Crippen LogP contribution in [-0.2, 0) is 4.74 Å². The van der Waals surface area contributed by atoms with E-state index in [0.717, 1.165) is 19.3 Å². The number of hydrogen-bond acceptors (Lipinski definition) is 5. The molecule has 1 atom stereocenters. The van der Waals surface area contributed by atoms with Gasteiger partial charge in [-0.1, -0.05) is 20.3 Å². The molecule has 1 aromatic heterocycles. The number of hydrogen-bond donors (Lipinski definition) is 0. The summed E-state index contributed by atoms with van der Waals surface area (Å²) < 4.78 is 10.2. The fraction of sp³-hybridized carbons (Fsp3) is 0.750. The molecule has 1 aliphatic carbocycles. The van der Waals surface area contributed by atoms with E-state index in [2.05, 4.69) is 24.0 Å². The van der Waals surface area contributed by atoms with E-state index in [0.29, 0.717) is 12.5 Å². The van der Waals surface area contributed by atoms with Crippen molar-refractivity contribution in [2.75, 3.05) is 6.61 Å². The van der Waals surface area contributed by atoms with E-state index in [4.69, 9.17) is 9.15 Å². The molecule has 2 rings (SSSR count). The van der Waals surface area contributed by atoms with Gasteiger partial charge in [-0.2, -0.15) is 0 Å². The maximum absolute atomic E-state index is 11.4. The fourth-order valence-corrected chi connectivity index (χ4v) is 2.44. The van der Waals surface area contributed by atoms with Crippen LogP contribution in [0.3, 0.4) is 0 Å². The molecular weight excluding hydrogens is 220 g/mol. The molecule has 0 radical (unpaired) electrons. The van der Waals surface area contributed by atoms with E-state index in [1.165, 1.54) is 0 Å². The van der Waals surface area contributed by atoms with Crippen LogP contribution in [0.4, 0.5) is 0 Å². The lowest BCUT2D eigenvalue weighted by atomic mass is 9.82. The molecule has 0 aromatic carbocycles. The van der Waals surface area contributed by atoms with Crippen molar-refractivity contribution in [3.8, 4) is 0 Å². The summed E-state index contributed by atoms with van der Waals surface area (Å²) in [7, 11) is 0. The van der Waals surface area contributed by atoms with Gasteiger partial charge in [0.15, 0.2) is 0 Å². The van der Waals surface area contributed by atoms with E-state index in [9.17, 15) is 4.79 Å². The molecule has 1 fully saturated rings. The van der Waals surface area contributed by atoms with Gasteiger partial charge in [-0.3, -0.25) is 0 Å². The Morgan fingerprint density at radius 1 is 1.53 bits per heavy atom. The maximum Gasteiger partial charge on any atom is 0.396 e. The number of ether oxygens (including phenoxy) is 1. The molecule has 1 heterocycles. The Kier molecular flexibility index (Phi) is 3.17. The fourth-order valence-electron chi connectivity index (χ4n) is 2.44. The van der Waals surface area contributed by atoms with Gasteiger partial charge >= 0.3 is 11.9 Å². The normalized spacial score (nSPS) is 22.6. The van der Waals surface area contributed by atoms with Crippen molar-refractivity contribution in [2.24, 2.45) is 5.41 Å². The van der Waals surface area contributed by atoms with E-state index >= 15 is 0 Å². The molecule has 1 saturated carbocycles. The van der Waals surface area contributed by atoms with E-state index in [1.54, 1.807) is 6.92 Å². The largest absolute Gasteiger partial charge is 0.459 e. The molecule has 0 saturated heterocycles. The molecule has 0 amide bonds. The summed E-state index contributed by atoms with van der Waals surface area (Å²) >= 11 is 0. The average molecular weight is 238 g/mol. The van der Waals surface area contributed by atoms with Gasteiger partial charge in [0.25, 0.3) is 0 Å². The van der Waals surface area contributed by atoms with E-state index in [-0.39, 0.29) is 17.2 Å². The summed E-state index contributed by atoms with van der Waals surface area (Å²) in [5.74, 6) is 0.236. The van der Waals surface area contributed by atoms with Crippen molar-refractivity contribution in [1.29, 1.82) is 0 Å². The number of carbonyl (C=O) groups excluding carboxylic acids is 1. The number of esters is 1. The smallest absolute Gasteiger partial charge is 0.396 e. The van der Waals surface area contributed by atoms with Crippen LogP contribution in [0.2, 0.25) is 0 Å². The highest BCUT2D eigenvalue weighted by Gasteiger charge is 2.39. The van der Waals surface area contributed by atoms with Crippen LogP contribution in [0, 0.1) is 5.41 Å². The van der Waals surface area contributed by atoms with Gasteiger partial charge in [0, 0.05) is 5.92 Å². The Bertz CT molecular complexity index is 412. The zero-order valence-electron chi connectivity index (χ0n) is 10.5. The monoisotopic (exact) mass is 238 g/mol. The summed E-state index contributed by atoms with van der Waals surface area (Å²) in [6.07, 6.45) is 3.35. The van der Waals surface area contributed by atoms with Crippen LogP contribution in [0.25, 0.3) is 0 Å². The van der Waals surface area contributed by atoms with E-state index < -0.39 is 5.97 Å². The Morgan fingerprint density at radius 2 is 2.29 bits per heavy atom. The van der Waals surface area contributed by atoms with Crippen molar-refractivity contribution in [3.63, 3.8) is 0 Å². The molecule has 0 N–H and O–H groups in total. The molecule has 1 aromatic rings. The Morgan fingerprint density at radius 3 is 2.88 bits per heavy atom. The minimum Gasteiger partial charge on any atom is -0.459 e. The molecular formula is C12H18N2O3. The first-order valence-electron chi connectivity index (χ1n) is 6.05. The second-order valence-corrected chi connectivity index (χ2v) is 5.10. The van der Waals surface area contributed by atoms with Crippen LogP contribution in [0.15, 0.2) is 4.42 Å². The van der Waals surface area contributed by atoms with Crippen molar-refractivity contribution >= 4 is 5.97 Å². The minimum absolute atomic E-state index is 0.0375. The second-order valence-electron chi connectivity index (χ2n) is 5.10. The van der Waals surface area contributed by atoms with Crippen molar-refractivity contribution < 1.29 is 13.9 Å². The van der Waals surface area contributed by atoms with Crippen LogP contribution >= 0.6 is 0 Å². The topological polar surface area (TPSA) is 65.2 Å². The molecule has 0 aliphatic heterocycles. The third-order valence-corrected chi connectivity index (χ3v) is 3.45. The maximum atomic E-state index is 11.4. The molecule has 17 heavy (non-hydrogen) atoms. The van der Waals surface area contributed by atoms with Crippen LogP contribution < -0.4 is 0 Å². The van der Waals surface area contributed by atoms with Gasteiger partial charge < -0.3 is 9.15 Å². The van der Waals surface area contributed by atoms with Crippen molar-refractivity contribution in [3.05, 3.63) is 11.8 Å². The van der Waals surface area contributed by atoms with Gasteiger partial charge in [0.2, 0.25) is 5.89 Å². The molecule has 0 bridgehead atoms. The summed E-state index contributed by atoms with van der Waals surface area (Å²) in [5, 5.41) is 7.73. The van der Waals surface area contributed by atoms with E-state index in [1.807, 2.05) is 0 Å². The Labute approximate surface area is 101 Å². The molecule has 0 spiro atoms. The summed E-state index contributed by atoms with van der Waals surface area (Å²) in [6, 6.07) is 0. The minimum atomic E-state index is -0.540. The lowest BCUT2D eigenvalue weighted by molar-refractivity contribution is 0.0476. The summed E-state index contributed by atoms with van der Waals surface area (Å²) in [4.78, 5) is 11.4.